The van der Waals surface area contributed by atoms with Gasteiger partial charge in [-0.2, -0.15) is 4.31 Å². The van der Waals surface area contributed by atoms with E-state index < -0.39 is 10.0 Å². The highest BCUT2D eigenvalue weighted by atomic mass is 32.2. The molecule has 1 aliphatic heterocycles. The Morgan fingerprint density at radius 3 is 2.36 bits per heavy atom. The molecule has 0 aliphatic carbocycles. The number of likely N-dealkylation sites (N-methyl/N-ethyl adjacent to an activating group) is 1. The minimum absolute atomic E-state index is 0.0145. The summed E-state index contributed by atoms with van der Waals surface area (Å²) in [4.78, 5) is 2.26. The molecule has 1 unspecified atom stereocenters. The smallest absolute Gasteiger partial charge is 0.236 e. The van der Waals surface area contributed by atoms with E-state index in [9.17, 15) is 8.42 Å². The van der Waals surface area contributed by atoms with Gasteiger partial charge in [0.2, 0.25) is 10.0 Å². The molecule has 0 aromatic heterocycles. The summed E-state index contributed by atoms with van der Waals surface area (Å²) in [5.74, 6) is 0. The van der Waals surface area contributed by atoms with Crippen molar-refractivity contribution in [2.45, 2.75) is 18.9 Å². The number of sulfonamides is 1. The highest BCUT2D eigenvalue weighted by molar-refractivity contribution is 7.92. The molecule has 0 spiro atoms. The lowest BCUT2D eigenvalue weighted by atomic mass is 10.1. The molecule has 25 heavy (non-hydrogen) atoms. The van der Waals surface area contributed by atoms with Crippen molar-refractivity contribution in [2.75, 3.05) is 25.0 Å². The summed E-state index contributed by atoms with van der Waals surface area (Å²) in [5.41, 5.74) is 2.03. The van der Waals surface area contributed by atoms with Crippen molar-refractivity contribution in [1.29, 1.82) is 0 Å². The third-order valence-corrected chi connectivity index (χ3v) is 6.25. The lowest BCUT2D eigenvalue weighted by Gasteiger charge is -2.37. The zero-order valence-electron chi connectivity index (χ0n) is 14.5. The fourth-order valence-electron chi connectivity index (χ4n) is 3.16. The Morgan fingerprint density at radius 2 is 1.68 bits per heavy atom. The Bertz CT molecular complexity index is 804. The summed E-state index contributed by atoms with van der Waals surface area (Å²) >= 11 is 0. The molecule has 2 aromatic rings. The van der Waals surface area contributed by atoms with Crippen molar-refractivity contribution in [1.82, 2.24) is 4.31 Å². The van der Waals surface area contributed by atoms with E-state index in [4.69, 9.17) is 0 Å². The van der Waals surface area contributed by atoms with Crippen molar-refractivity contribution in [2.24, 2.45) is 0 Å². The fraction of sp³-hybridized carbons (Fsp3) is 0.300. The molecule has 0 amide bonds. The van der Waals surface area contributed by atoms with Gasteiger partial charge in [-0.25, -0.2) is 8.42 Å². The van der Waals surface area contributed by atoms with Crippen LogP contribution in [0.25, 0.3) is 6.08 Å². The van der Waals surface area contributed by atoms with E-state index in [1.54, 1.807) is 13.1 Å². The van der Waals surface area contributed by atoms with Crippen LogP contribution in [0.3, 0.4) is 0 Å². The number of benzene rings is 2. The van der Waals surface area contributed by atoms with Gasteiger partial charge in [0.15, 0.2) is 0 Å². The highest BCUT2D eigenvalue weighted by Gasteiger charge is 2.29. The van der Waals surface area contributed by atoms with E-state index in [0.29, 0.717) is 0 Å². The lowest BCUT2D eigenvalue weighted by Crippen LogP contribution is -2.48. The number of rotatable bonds is 5. The average molecular weight is 356 g/mol. The Kier molecular flexibility index (Phi) is 5.56. The molecule has 0 N–H and O–H groups in total. The topological polar surface area (TPSA) is 40.6 Å². The monoisotopic (exact) mass is 356 g/mol. The Labute approximate surface area is 150 Å². The third kappa shape index (κ3) is 4.50. The van der Waals surface area contributed by atoms with Gasteiger partial charge in [-0.15, -0.1) is 0 Å². The predicted molar refractivity (Wildman–Crippen MR) is 104 cm³/mol. The van der Waals surface area contributed by atoms with Gasteiger partial charge in [-0.3, -0.25) is 0 Å². The molecular formula is C20H24N2O2S. The SMILES string of the molecule is CN(C1CCCN(c2ccccc2)C1)S(=O)(=O)C=Cc1ccccc1. The first kappa shape index (κ1) is 17.7. The van der Waals surface area contributed by atoms with Crippen LogP contribution in [0.4, 0.5) is 5.69 Å². The van der Waals surface area contributed by atoms with Crippen LogP contribution in [0.15, 0.2) is 66.1 Å². The van der Waals surface area contributed by atoms with Crippen LogP contribution in [0, 0.1) is 0 Å². The van der Waals surface area contributed by atoms with E-state index >= 15 is 0 Å². The van der Waals surface area contributed by atoms with E-state index in [1.165, 1.54) is 9.71 Å². The maximum atomic E-state index is 12.7. The number of piperidine rings is 1. The van der Waals surface area contributed by atoms with Gasteiger partial charge < -0.3 is 4.90 Å². The largest absolute Gasteiger partial charge is 0.370 e. The van der Waals surface area contributed by atoms with Crippen molar-refractivity contribution in [3.8, 4) is 0 Å². The van der Waals surface area contributed by atoms with Gasteiger partial charge in [-0.05, 0) is 36.6 Å². The lowest BCUT2D eigenvalue weighted by molar-refractivity contribution is 0.323. The Hall–Kier alpha value is -2.11. The number of hydrogen-bond donors (Lipinski definition) is 0. The van der Waals surface area contributed by atoms with Crippen LogP contribution in [-0.4, -0.2) is 38.9 Å². The zero-order valence-corrected chi connectivity index (χ0v) is 15.3. The molecule has 4 nitrogen and oxygen atoms in total. The molecule has 5 heteroatoms. The first-order valence-electron chi connectivity index (χ1n) is 8.57. The Balaban J connectivity index is 1.71. The van der Waals surface area contributed by atoms with E-state index in [1.807, 2.05) is 48.5 Å². The summed E-state index contributed by atoms with van der Waals surface area (Å²) < 4.78 is 26.8. The first-order chi connectivity index (χ1) is 12.1. The molecular weight excluding hydrogens is 332 g/mol. The second-order valence-electron chi connectivity index (χ2n) is 6.35. The maximum absolute atomic E-state index is 12.7. The highest BCUT2D eigenvalue weighted by Crippen LogP contribution is 2.23. The van der Waals surface area contributed by atoms with Gasteiger partial charge in [0.25, 0.3) is 0 Å². The molecule has 1 fully saturated rings. The van der Waals surface area contributed by atoms with Crippen molar-refractivity contribution in [3.05, 3.63) is 71.6 Å². The molecule has 132 valence electrons. The van der Waals surface area contributed by atoms with Crippen molar-refractivity contribution in [3.63, 3.8) is 0 Å². The molecule has 1 atom stereocenters. The summed E-state index contributed by atoms with van der Waals surface area (Å²) in [6.45, 7) is 1.69. The van der Waals surface area contributed by atoms with Crippen LogP contribution >= 0.6 is 0 Å². The van der Waals surface area contributed by atoms with Gasteiger partial charge in [-0.1, -0.05) is 48.5 Å². The number of para-hydroxylation sites is 1. The third-order valence-electron chi connectivity index (χ3n) is 4.67. The molecule has 0 saturated carbocycles. The van der Waals surface area contributed by atoms with Gasteiger partial charge >= 0.3 is 0 Å². The van der Waals surface area contributed by atoms with E-state index in [0.717, 1.165) is 37.2 Å². The zero-order chi connectivity index (χ0) is 17.7. The summed E-state index contributed by atoms with van der Waals surface area (Å²) in [7, 11) is -1.75. The summed E-state index contributed by atoms with van der Waals surface area (Å²) in [6, 6.07) is 19.7. The minimum Gasteiger partial charge on any atom is -0.370 e. The van der Waals surface area contributed by atoms with Crippen LogP contribution in [0.2, 0.25) is 0 Å². The fourth-order valence-corrected chi connectivity index (χ4v) is 4.27. The maximum Gasteiger partial charge on any atom is 0.236 e. The van der Waals surface area contributed by atoms with E-state index in [2.05, 4.69) is 17.0 Å². The molecule has 1 heterocycles. The van der Waals surface area contributed by atoms with Crippen LogP contribution in [0.1, 0.15) is 18.4 Å². The van der Waals surface area contributed by atoms with Gasteiger partial charge in [0.1, 0.15) is 0 Å². The summed E-state index contributed by atoms with van der Waals surface area (Å²) in [5, 5.41) is 1.31. The standard InChI is InChI=1S/C20H24N2O2S/c1-21(25(23,24)16-14-18-9-4-2-5-10-18)20-13-8-15-22(17-20)19-11-6-3-7-12-19/h2-7,9-12,14,16,20H,8,13,15,17H2,1H3. The first-order valence-corrected chi connectivity index (χ1v) is 10.1. The number of nitrogens with zero attached hydrogens (tertiary/aromatic N) is 2. The predicted octanol–water partition coefficient (Wildman–Crippen LogP) is 3.59. The van der Waals surface area contributed by atoms with E-state index in [-0.39, 0.29) is 6.04 Å². The molecule has 1 aliphatic rings. The molecule has 2 aromatic carbocycles. The average Bonchev–Trinajstić information content (AvgIpc) is 2.67. The van der Waals surface area contributed by atoms with Crippen LogP contribution in [-0.2, 0) is 10.0 Å². The van der Waals surface area contributed by atoms with Gasteiger partial charge in [0, 0.05) is 37.3 Å². The number of anilines is 1. The molecule has 0 bridgehead atoms. The van der Waals surface area contributed by atoms with Crippen molar-refractivity contribution >= 4 is 21.8 Å². The van der Waals surface area contributed by atoms with Crippen molar-refractivity contribution < 1.29 is 8.42 Å². The minimum atomic E-state index is -3.44. The van der Waals surface area contributed by atoms with Gasteiger partial charge in [0.05, 0.1) is 0 Å². The number of hydrogen-bond acceptors (Lipinski definition) is 3. The normalized spacial score (nSPS) is 18.8. The molecule has 1 saturated heterocycles. The summed E-state index contributed by atoms with van der Waals surface area (Å²) in [6.07, 6.45) is 3.53. The molecule has 3 rings (SSSR count). The second-order valence-corrected chi connectivity index (χ2v) is 8.23. The Morgan fingerprint density at radius 1 is 1.04 bits per heavy atom. The van der Waals surface area contributed by atoms with Crippen LogP contribution < -0.4 is 4.90 Å². The second kappa shape index (κ2) is 7.85. The molecule has 0 radical (unpaired) electrons. The quantitative estimate of drug-likeness (QED) is 0.822. The van der Waals surface area contributed by atoms with Crippen LogP contribution in [0.5, 0.6) is 0 Å².